The summed E-state index contributed by atoms with van der Waals surface area (Å²) in [6, 6.07) is 22.9. The Hall–Kier alpha value is -3.73. The van der Waals surface area contributed by atoms with Gasteiger partial charge in [-0.3, -0.25) is 9.36 Å². The lowest BCUT2D eigenvalue weighted by Gasteiger charge is -2.14. The van der Waals surface area contributed by atoms with E-state index in [1.54, 1.807) is 17.0 Å². The second kappa shape index (κ2) is 8.08. The molecule has 3 aromatic carbocycles. The van der Waals surface area contributed by atoms with Crippen molar-refractivity contribution in [2.45, 2.75) is 32.9 Å². The van der Waals surface area contributed by atoms with E-state index in [1.165, 1.54) is 17.7 Å². The van der Waals surface area contributed by atoms with Crippen LogP contribution in [0.25, 0.3) is 21.9 Å². The van der Waals surface area contributed by atoms with Crippen LogP contribution in [0.1, 0.15) is 29.5 Å². The first-order chi connectivity index (χ1) is 15.5. The van der Waals surface area contributed by atoms with Crippen LogP contribution in [0.3, 0.4) is 0 Å². The van der Waals surface area contributed by atoms with Gasteiger partial charge in [0, 0.05) is 18.5 Å². The zero-order valence-corrected chi connectivity index (χ0v) is 18.1. The van der Waals surface area contributed by atoms with Crippen LogP contribution in [0, 0.1) is 12.7 Å². The van der Waals surface area contributed by atoms with E-state index in [4.69, 9.17) is 0 Å². The first kappa shape index (κ1) is 20.2. The van der Waals surface area contributed by atoms with E-state index in [0.717, 1.165) is 16.6 Å². The minimum absolute atomic E-state index is 0.108. The van der Waals surface area contributed by atoms with E-state index < -0.39 is 0 Å². The third kappa shape index (κ3) is 3.50. The molecule has 0 aliphatic rings. The Morgan fingerprint density at radius 2 is 1.75 bits per heavy atom. The van der Waals surface area contributed by atoms with Crippen molar-refractivity contribution in [2.75, 3.05) is 0 Å². The average Bonchev–Trinajstić information content (AvgIpc) is 3.11. The van der Waals surface area contributed by atoms with Gasteiger partial charge in [0.25, 0.3) is 5.56 Å². The fraction of sp³-hybridized carbons (Fsp3) is 0.185. The van der Waals surface area contributed by atoms with Crippen molar-refractivity contribution in [3.8, 4) is 0 Å². The molecule has 2 aromatic heterocycles. The summed E-state index contributed by atoms with van der Waals surface area (Å²) >= 11 is 0. The van der Waals surface area contributed by atoms with Gasteiger partial charge in [-0.1, -0.05) is 61.5 Å². The minimum Gasteiger partial charge on any atom is -0.330 e. The van der Waals surface area contributed by atoms with Crippen LogP contribution in [0.15, 0.2) is 83.9 Å². The summed E-state index contributed by atoms with van der Waals surface area (Å²) in [5, 5.41) is 0.661. The number of benzene rings is 3. The van der Waals surface area contributed by atoms with Crippen LogP contribution >= 0.6 is 0 Å². The maximum Gasteiger partial charge on any atom is 0.277 e. The summed E-state index contributed by atoms with van der Waals surface area (Å²) in [6.45, 7) is 5.20. The molecule has 0 amide bonds. The maximum absolute atomic E-state index is 14.1. The number of aromatic nitrogens is 3. The largest absolute Gasteiger partial charge is 0.330 e. The molecule has 5 heteroatoms. The van der Waals surface area contributed by atoms with Crippen molar-refractivity contribution < 1.29 is 4.39 Å². The van der Waals surface area contributed by atoms with Crippen molar-refractivity contribution >= 4 is 21.9 Å². The van der Waals surface area contributed by atoms with Crippen molar-refractivity contribution in [2.24, 2.45) is 0 Å². The summed E-state index contributed by atoms with van der Waals surface area (Å²) in [5.74, 6) is -0.184. The number of aryl methyl sites for hydroxylation is 1. The van der Waals surface area contributed by atoms with Gasteiger partial charge in [-0.25, -0.2) is 9.37 Å². The van der Waals surface area contributed by atoms with Crippen molar-refractivity contribution in [1.82, 2.24) is 14.1 Å². The quantitative estimate of drug-likeness (QED) is 0.365. The van der Waals surface area contributed by atoms with Crippen LogP contribution in [0.4, 0.5) is 4.39 Å². The second-order valence-corrected chi connectivity index (χ2v) is 8.39. The zero-order chi connectivity index (χ0) is 22.2. The molecule has 1 atom stereocenters. The molecule has 0 bridgehead atoms. The predicted molar refractivity (Wildman–Crippen MR) is 127 cm³/mol. The summed E-state index contributed by atoms with van der Waals surface area (Å²) in [7, 11) is 0. The molecule has 0 saturated carbocycles. The third-order valence-corrected chi connectivity index (χ3v) is 6.22. The Morgan fingerprint density at radius 1 is 1.00 bits per heavy atom. The summed E-state index contributed by atoms with van der Waals surface area (Å²) < 4.78 is 17.7. The standard InChI is InChI=1S/C27H24FN3O/c1-18-8-6-7-11-21(18)16-31-24-13-12-22(28)14-23(24)25-26(31)27(32)30(17-29-25)15-19(2)20-9-4-3-5-10-20/h3-14,17,19H,15-16H2,1-2H3. The molecule has 2 heterocycles. The van der Waals surface area contributed by atoms with Gasteiger partial charge in [0.15, 0.2) is 0 Å². The third-order valence-electron chi connectivity index (χ3n) is 6.22. The smallest absolute Gasteiger partial charge is 0.277 e. The van der Waals surface area contributed by atoms with Crippen molar-refractivity contribution in [3.63, 3.8) is 0 Å². The van der Waals surface area contributed by atoms with E-state index in [0.29, 0.717) is 29.5 Å². The molecule has 0 N–H and O–H groups in total. The highest BCUT2D eigenvalue weighted by atomic mass is 19.1. The molecule has 0 radical (unpaired) electrons. The molecule has 5 rings (SSSR count). The van der Waals surface area contributed by atoms with Gasteiger partial charge in [-0.15, -0.1) is 0 Å². The van der Waals surface area contributed by atoms with E-state index in [9.17, 15) is 9.18 Å². The first-order valence-electron chi connectivity index (χ1n) is 10.8. The Morgan fingerprint density at radius 3 is 2.53 bits per heavy atom. The molecule has 0 aliphatic carbocycles. The fourth-order valence-electron chi connectivity index (χ4n) is 4.41. The molecule has 0 fully saturated rings. The van der Waals surface area contributed by atoms with Gasteiger partial charge in [0.2, 0.25) is 0 Å². The summed E-state index contributed by atoms with van der Waals surface area (Å²) in [4.78, 5) is 18.3. The normalized spacial score (nSPS) is 12.5. The van der Waals surface area contributed by atoms with Crippen molar-refractivity contribution in [1.29, 1.82) is 0 Å². The number of fused-ring (bicyclic) bond motifs is 3. The topological polar surface area (TPSA) is 39.8 Å². The molecule has 5 aromatic rings. The van der Waals surface area contributed by atoms with E-state index in [1.807, 2.05) is 34.9 Å². The number of hydrogen-bond acceptors (Lipinski definition) is 2. The molecule has 4 nitrogen and oxygen atoms in total. The number of rotatable bonds is 5. The summed E-state index contributed by atoms with van der Waals surface area (Å²) in [5.41, 5.74) is 5.18. The van der Waals surface area contributed by atoms with Crippen molar-refractivity contribution in [3.05, 3.63) is 112 Å². The van der Waals surface area contributed by atoms with Gasteiger partial charge in [-0.2, -0.15) is 0 Å². The minimum atomic E-state index is -0.337. The maximum atomic E-state index is 14.1. The number of nitrogens with zero attached hydrogens (tertiary/aromatic N) is 3. The highest BCUT2D eigenvalue weighted by Gasteiger charge is 2.19. The molecule has 32 heavy (non-hydrogen) atoms. The van der Waals surface area contributed by atoms with E-state index >= 15 is 0 Å². The Kier molecular flexibility index (Phi) is 5.10. The highest BCUT2D eigenvalue weighted by Crippen LogP contribution is 2.28. The van der Waals surface area contributed by atoms with Gasteiger partial charge in [0.05, 0.1) is 11.8 Å². The molecule has 0 aliphatic heterocycles. The fourth-order valence-corrected chi connectivity index (χ4v) is 4.41. The Labute approximate surface area is 185 Å². The van der Waals surface area contributed by atoms with E-state index in [-0.39, 0.29) is 17.3 Å². The monoisotopic (exact) mass is 425 g/mol. The number of hydrogen-bond donors (Lipinski definition) is 0. The van der Waals surface area contributed by atoms with Crippen LogP contribution in [-0.4, -0.2) is 14.1 Å². The zero-order valence-electron chi connectivity index (χ0n) is 18.1. The van der Waals surface area contributed by atoms with Crippen LogP contribution in [-0.2, 0) is 13.1 Å². The summed E-state index contributed by atoms with van der Waals surface area (Å²) in [6.07, 6.45) is 1.59. The van der Waals surface area contributed by atoms with Crippen LogP contribution in [0.2, 0.25) is 0 Å². The molecular weight excluding hydrogens is 401 g/mol. The molecular formula is C27H24FN3O. The van der Waals surface area contributed by atoms with Gasteiger partial charge >= 0.3 is 0 Å². The SMILES string of the molecule is Cc1ccccc1Cn1c2ccc(F)cc2c2ncn(CC(C)c3ccccc3)c(=O)c21. The van der Waals surface area contributed by atoms with Gasteiger partial charge in [-0.05, 0) is 47.7 Å². The first-order valence-corrected chi connectivity index (χ1v) is 10.8. The van der Waals surface area contributed by atoms with E-state index in [2.05, 4.69) is 43.1 Å². The van der Waals surface area contributed by atoms with Crippen LogP contribution < -0.4 is 5.56 Å². The van der Waals surface area contributed by atoms with Crippen LogP contribution in [0.5, 0.6) is 0 Å². The molecule has 160 valence electrons. The highest BCUT2D eigenvalue weighted by molar-refractivity contribution is 6.05. The average molecular weight is 426 g/mol. The Balaban J connectivity index is 1.69. The number of halogens is 1. The van der Waals surface area contributed by atoms with Gasteiger partial charge < -0.3 is 4.57 Å². The lowest BCUT2D eigenvalue weighted by Crippen LogP contribution is -2.24. The lowest BCUT2D eigenvalue weighted by molar-refractivity contribution is 0.575. The molecule has 0 saturated heterocycles. The molecule has 1 unspecified atom stereocenters. The Bertz CT molecular complexity index is 1480. The molecule has 0 spiro atoms. The second-order valence-electron chi connectivity index (χ2n) is 8.39. The lowest BCUT2D eigenvalue weighted by atomic mass is 10.0. The van der Waals surface area contributed by atoms with Gasteiger partial charge in [0.1, 0.15) is 16.9 Å². The predicted octanol–water partition coefficient (Wildman–Crippen LogP) is 5.65.